The Morgan fingerprint density at radius 1 is 1.29 bits per heavy atom. The number of rotatable bonds is 3. The number of piperazine rings is 1. The average molecular weight is 432 g/mol. The molecule has 6 nitrogen and oxygen atoms in total. The molecule has 1 aliphatic heterocycles. The van der Waals surface area contributed by atoms with Crippen LogP contribution in [0.2, 0.25) is 0 Å². The summed E-state index contributed by atoms with van der Waals surface area (Å²) in [7, 11) is 2.00. The number of aromatic nitrogens is 3. The molecule has 1 N–H and O–H groups in total. The molecule has 3 heterocycles. The van der Waals surface area contributed by atoms with E-state index in [-0.39, 0.29) is 24.3 Å². The first kappa shape index (κ1) is 20.7. The highest BCUT2D eigenvalue weighted by atomic mass is 35.5. The molecule has 1 saturated heterocycles. The molecule has 4 rings (SSSR count). The van der Waals surface area contributed by atoms with Crippen molar-refractivity contribution in [1.29, 1.82) is 0 Å². The molecule has 28 heavy (non-hydrogen) atoms. The fourth-order valence-electron chi connectivity index (χ4n) is 2.90. The van der Waals surface area contributed by atoms with Crippen LogP contribution in [0.3, 0.4) is 0 Å². The van der Waals surface area contributed by atoms with Gasteiger partial charge in [-0.25, -0.2) is 4.98 Å². The van der Waals surface area contributed by atoms with Crippen LogP contribution in [0.1, 0.15) is 17.4 Å². The van der Waals surface area contributed by atoms with E-state index < -0.39 is 11.7 Å². The monoisotopic (exact) mass is 431 g/mol. The highest BCUT2D eigenvalue weighted by Crippen LogP contribution is 2.34. The van der Waals surface area contributed by atoms with Crippen LogP contribution in [0, 0.1) is 0 Å². The number of nitrogens with zero attached hydrogens (tertiary/aromatic N) is 4. The van der Waals surface area contributed by atoms with Crippen molar-refractivity contribution in [3.8, 4) is 22.2 Å². The molecular formula is C17H17ClF3N5OS. The van der Waals surface area contributed by atoms with Gasteiger partial charge in [-0.1, -0.05) is 17.3 Å². The lowest BCUT2D eigenvalue weighted by atomic mass is 10.1. The second-order valence-corrected chi connectivity index (χ2v) is 7.13. The summed E-state index contributed by atoms with van der Waals surface area (Å²) in [6, 6.07) is 5.11. The van der Waals surface area contributed by atoms with Crippen molar-refractivity contribution in [2.75, 3.05) is 26.7 Å². The molecule has 0 aliphatic carbocycles. The van der Waals surface area contributed by atoms with Gasteiger partial charge >= 0.3 is 6.18 Å². The Balaban J connectivity index is 0.00000225. The minimum Gasteiger partial charge on any atom is -0.332 e. The van der Waals surface area contributed by atoms with Crippen molar-refractivity contribution in [3.05, 3.63) is 41.0 Å². The van der Waals surface area contributed by atoms with Crippen molar-refractivity contribution in [2.45, 2.75) is 12.2 Å². The molecule has 11 heteroatoms. The molecule has 0 radical (unpaired) electrons. The summed E-state index contributed by atoms with van der Waals surface area (Å²) in [5, 5.41) is 9.50. The summed E-state index contributed by atoms with van der Waals surface area (Å²) < 4.78 is 44.0. The van der Waals surface area contributed by atoms with Crippen LogP contribution in [0.15, 0.2) is 34.2 Å². The summed E-state index contributed by atoms with van der Waals surface area (Å²) in [5.74, 6) is 0.826. The summed E-state index contributed by atoms with van der Waals surface area (Å²) in [5.41, 5.74) is 0.152. The van der Waals surface area contributed by atoms with E-state index in [0.29, 0.717) is 22.1 Å². The largest absolute Gasteiger partial charge is 0.416 e. The third-order valence-electron chi connectivity index (χ3n) is 4.41. The second kappa shape index (κ2) is 8.16. The molecule has 1 aromatic carbocycles. The second-order valence-electron chi connectivity index (χ2n) is 6.27. The maximum absolute atomic E-state index is 12.9. The van der Waals surface area contributed by atoms with Gasteiger partial charge in [0.25, 0.3) is 5.89 Å². The van der Waals surface area contributed by atoms with Gasteiger partial charge in [-0.2, -0.15) is 18.2 Å². The van der Waals surface area contributed by atoms with Crippen molar-refractivity contribution in [3.63, 3.8) is 0 Å². The van der Waals surface area contributed by atoms with Gasteiger partial charge in [-0.3, -0.25) is 4.90 Å². The summed E-state index contributed by atoms with van der Waals surface area (Å²) in [6.45, 7) is 2.51. The molecule has 0 bridgehead atoms. The molecule has 0 spiro atoms. The molecule has 150 valence electrons. The summed E-state index contributed by atoms with van der Waals surface area (Å²) in [4.78, 5) is 10.9. The fourth-order valence-corrected chi connectivity index (χ4v) is 3.69. The molecule has 1 unspecified atom stereocenters. The number of nitrogens with one attached hydrogen (secondary N) is 1. The summed E-state index contributed by atoms with van der Waals surface area (Å²) in [6.07, 6.45) is -4.39. The number of hydrogen-bond acceptors (Lipinski definition) is 7. The lowest BCUT2D eigenvalue weighted by Gasteiger charge is -2.30. The van der Waals surface area contributed by atoms with Crippen molar-refractivity contribution in [2.24, 2.45) is 0 Å². The predicted octanol–water partition coefficient (Wildman–Crippen LogP) is 3.88. The zero-order valence-corrected chi connectivity index (χ0v) is 16.4. The Labute approximate surface area is 169 Å². The van der Waals surface area contributed by atoms with Crippen LogP contribution >= 0.6 is 23.7 Å². The van der Waals surface area contributed by atoms with Gasteiger partial charge in [0.1, 0.15) is 10.7 Å². The first-order valence-electron chi connectivity index (χ1n) is 8.30. The third-order valence-corrected chi connectivity index (χ3v) is 5.30. The maximum atomic E-state index is 12.9. The van der Waals surface area contributed by atoms with Crippen LogP contribution in [-0.2, 0) is 6.18 Å². The normalized spacial score (nSPS) is 18.1. The third kappa shape index (κ3) is 4.19. The number of benzene rings is 1. The van der Waals surface area contributed by atoms with Gasteiger partial charge in [0.15, 0.2) is 5.82 Å². The van der Waals surface area contributed by atoms with E-state index in [0.717, 1.165) is 31.8 Å². The Morgan fingerprint density at radius 2 is 2.11 bits per heavy atom. The van der Waals surface area contributed by atoms with Crippen LogP contribution < -0.4 is 5.32 Å². The number of thiazole rings is 1. The minimum absolute atomic E-state index is 0. The van der Waals surface area contributed by atoms with Gasteiger partial charge in [0, 0.05) is 30.6 Å². The Morgan fingerprint density at radius 3 is 2.86 bits per heavy atom. The van der Waals surface area contributed by atoms with Gasteiger partial charge in [0.2, 0.25) is 0 Å². The first-order chi connectivity index (χ1) is 12.9. The summed E-state index contributed by atoms with van der Waals surface area (Å²) >= 11 is 1.23. The number of alkyl halides is 3. The Kier molecular flexibility index (Phi) is 6.04. The number of hydrogen-bond donors (Lipinski definition) is 1. The van der Waals surface area contributed by atoms with E-state index in [9.17, 15) is 13.2 Å². The number of halogens is 4. The maximum Gasteiger partial charge on any atom is 0.416 e. The van der Waals surface area contributed by atoms with Crippen LogP contribution in [0.5, 0.6) is 0 Å². The van der Waals surface area contributed by atoms with Crippen molar-refractivity contribution < 1.29 is 17.7 Å². The van der Waals surface area contributed by atoms with E-state index in [2.05, 4.69) is 25.3 Å². The van der Waals surface area contributed by atoms with E-state index in [1.807, 2.05) is 7.05 Å². The van der Waals surface area contributed by atoms with Gasteiger partial charge < -0.3 is 9.84 Å². The first-order valence-corrected chi connectivity index (χ1v) is 9.18. The van der Waals surface area contributed by atoms with Crippen molar-refractivity contribution >= 4 is 23.7 Å². The Bertz CT molecular complexity index is 945. The zero-order chi connectivity index (χ0) is 19.0. The van der Waals surface area contributed by atoms with Crippen LogP contribution in [0.4, 0.5) is 13.2 Å². The molecule has 1 fully saturated rings. The van der Waals surface area contributed by atoms with Gasteiger partial charge in [-0.05, 0) is 19.2 Å². The highest BCUT2D eigenvalue weighted by molar-refractivity contribution is 7.13. The molecule has 3 aromatic rings. The quantitative estimate of drug-likeness (QED) is 0.679. The zero-order valence-electron chi connectivity index (χ0n) is 14.7. The Hall–Kier alpha value is -2.01. The molecular weight excluding hydrogens is 415 g/mol. The van der Waals surface area contributed by atoms with Crippen LogP contribution in [-0.4, -0.2) is 46.7 Å². The van der Waals surface area contributed by atoms with Crippen molar-refractivity contribution in [1.82, 2.24) is 25.3 Å². The van der Waals surface area contributed by atoms with Gasteiger partial charge in [0.05, 0.1) is 11.6 Å². The van der Waals surface area contributed by atoms with E-state index in [1.54, 1.807) is 11.4 Å². The molecule has 0 saturated carbocycles. The topological polar surface area (TPSA) is 67.1 Å². The molecule has 2 aromatic heterocycles. The predicted molar refractivity (Wildman–Crippen MR) is 101 cm³/mol. The van der Waals surface area contributed by atoms with Crippen LogP contribution in [0.25, 0.3) is 22.2 Å². The van der Waals surface area contributed by atoms with E-state index in [1.165, 1.54) is 17.4 Å². The smallest absolute Gasteiger partial charge is 0.332 e. The molecule has 1 atom stereocenters. The van der Waals surface area contributed by atoms with E-state index >= 15 is 0 Å². The molecule has 1 aliphatic rings. The molecule has 0 amide bonds. The van der Waals surface area contributed by atoms with Gasteiger partial charge in [-0.15, -0.1) is 23.7 Å². The standard InChI is InChI=1S/C17H16F3N5OS.ClH/c1-25-6-5-21-8-13(25)14-23-15(26-24-14)12-9-27-16(22-12)10-3-2-4-11(7-10)17(18,19)20;/h2-4,7,9,13,21H,5-6,8H2,1H3;1H. The lowest BCUT2D eigenvalue weighted by Crippen LogP contribution is -2.44. The minimum atomic E-state index is -4.39. The lowest BCUT2D eigenvalue weighted by molar-refractivity contribution is -0.137. The SMILES string of the molecule is CN1CCNCC1c1noc(-c2csc(-c3cccc(C(F)(F)F)c3)n2)n1.Cl. The van der Waals surface area contributed by atoms with E-state index in [4.69, 9.17) is 4.52 Å². The average Bonchev–Trinajstić information content (AvgIpc) is 3.31. The highest BCUT2D eigenvalue weighted by Gasteiger charge is 2.31. The fraction of sp³-hybridized carbons (Fsp3) is 0.353. The number of likely N-dealkylation sites (N-methyl/N-ethyl adjacent to an activating group) is 1.